The lowest BCUT2D eigenvalue weighted by Gasteiger charge is -2.36. The van der Waals surface area contributed by atoms with Gasteiger partial charge in [-0.1, -0.05) is 27.2 Å². The van der Waals surface area contributed by atoms with Crippen molar-refractivity contribution in [2.45, 2.75) is 59.3 Å². The van der Waals surface area contributed by atoms with Crippen molar-refractivity contribution in [2.75, 3.05) is 0 Å². The molecule has 0 aromatic rings. The van der Waals surface area contributed by atoms with Gasteiger partial charge >= 0.3 is 0 Å². The molecule has 0 aromatic heterocycles. The summed E-state index contributed by atoms with van der Waals surface area (Å²) in [6.45, 7) is 7.30. The Labute approximate surface area is 83.1 Å². The Morgan fingerprint density at radius 2 is 1.85 bits per heavy atom. The van der Waals surface area contributed by atoms with Crippen molar-refractivity contribution < 1.29 is 0 Å². The van der Waals surface area contributed by atoms with E-state index in [1.807, 2.05) is 0 Å². The summed E-state index contributed by atoms with van der Waals surface area (Å²) in [6, 6.07) is 0. The molecule has 0 saturated heterocycles. The fourth-order valence-corrected chi connectivity index (χ4v) is 3.41. The van der Waals surface area contributed by atoms with E-state index in [1.165, 1.54) is 19.3 Å². The standard InChI is InChI=1S/C13H24/c1-4-7-13(2,3)12-6-5-10-8-11(10)9-12/h10-12H,4-9H2,1-3H3. The Hall–Kier alpha value is 0. The highest BCUT2D eigenvalue weighted by molar-refractivity contribution is 4.95. The van der Waals surface area contributed by atoms with Gasteiger partial charge in [-0.2, -0.15) is 0 Å². The van der Waals surface area contributed by atoms with E-state index in [2.05, 4.69) is 20.8 Å². The zero-order valence-corrected chi connectivity index (χ0v) is 9.47. The lowest BCUT2D eigenvalue weighted by Crippen LogP contribution is -2.26. The van der Waals surface area contributed by atoms with Gasteiger partial charge in [0.1, 0.15) is 0 Å². The van der Waals surface area contributed by atoms with Crippen LogP contribution in [-0.4, -0.2) is 0 Å². The van der Waals surface area contributed by atoms with Crippen LogP contribution in [0.2, 0.25) is 0 Å². The zero-order chi connectivity index (χ0) is 9.47. The summed E-state index contributed by atoms with van der Waals surface area (Å²) in [6.07, 6.45) is 8.97. The fourth-order valence-electron chi connectivity index (χ4n) is 3.41. The topological polar surface area (TPSA) is 0 Å². The van der Waals surface area contributed by atoms with Gasteiger partial charge in [-0.05, 0) is 55.3 Å². The van der Waals surface area contributed by atoms with Crippen LogP contribution >= 0.6 is 0 Å². The third-order valence-corrected chi connectivity index (χ3v) is 4.54. The molecular weight excluding hydrogens is 156 g/mol. The average molecular weight is 180 g/mol. The van der Waals surface area contributed by atoms with E-state index in [4.69, 9.17) is 0 Å². The van der Waals surface area contributed by atoms with Gasteiger partial charge in [-0.15, -0.1) is 0 Å². The molecule has 0 amide bonds. The highest BCUT2D eigenvalue weighted by atomic mass is 14.5. The molecule has 13 heavy (non-hydrogen) atoms. The van der Waals surface area contributed by atoms with Crippen molar-refractivity contribution in [2.24, 2.45) is 23.2 Å². The van der Waals surface area contributed by atoms with Crippen LogP contribution in [0.1, 0.15) is 59.3 Å². The van der Waals surface area contributed by atoms with Crippen molar-refractivity contribution in [3.8, 4) is 0 Å². The van der Waals surface area contributed by atoms with Gasteiger partial charge in [0.25, 0.3) is 0 Å². The second kappa shape index (κ2) is 3.29. The molecule has 0 spiro atoms. The molecule has 2 fully saturated rings. The van der Waals surface area contributed by atoms with Crippen LogP contribution in [-0.2, 0) is 0 Å². The molecule has 2 saturated carbocycles. The van der Waals surface area contributed by atoms with Crippen LogP contribution < -0.4 is 0 Å². The molecule has 0 aromatic carbocycles. The Kier molecular flexibility index (Phi) is 2.42. The molecule has 2 aliphatic rings. The number of hydrogen-bond acceptors (Lipinski definition) is 0. The maximum absolute atomic E-state index is 2.49. The van der Waals surface area contributed by atoms with E-state index in [0.717, 1.165) is 17.8 Å². The van der Waals surface area contributed by atoms with Gasteiger partial charge in [0.2, 0.25) is 0 Å². The molecule has 3 unspecified atom stereocenters. The normalized spacial score (nSPS) is 38.5. The molecule has 0 bridgehead atoms. The summed E-state index contributed by atoms with van der Waals surface area (Å²) >= 11 is 0. The molecule has 0 nitrogen and oxygen atoms in total. The van der Waals surface area contributed by atoms with Gasteiger partial charge < -0.3 is 0 Å². The van der Waals surface area contributed by atoms with Gasteiger partial charge in [0.15, 0.2) is 0 Å². The largest absolute Gasteiger partial charge is 0.0654 e. The summed E-state index contributed by atoms with van der Waals surface area (Å²) in [5.41, 5.74) is 0.627. The van der Waals surface area contributed by atoms with Gasteiger partial charge in [0, 0.05) is 0 Å². The number of fused-ring (bicyclic) bond motifs is 1. The van der Waals surface area contributed by atoms with Crippen LogP contribution in [0.3, 0.4) is 0 Å². The zero-order valence-electron chi connectivity index (χ0n) is 9.47. The first-order chi connectivity index (χ1) is 6.13. The third kappa shape index (κ3) is 1.92. The first-order valence-electron chi connectivity index (χ1n) is 6.13. The molecule has 0 heterocycles. The minimum Gasteiger partial charge on any atom is -0.0654 e. The van der Waals surface area contributed by atoms with Gasteiger partial charge in [-0.3, -0.25) is 0 Å². The Morgan fingerprint density at radius 3 is 2.46 bits per heavy atom. The van der Waals surface area contributed by atoms with Crippen LogP contribution in [0, 0.1) is 23.2 Å². The van der Waals surface area contributed by atoms with Crippen molar-refractivity contribution in [3.63, 3.8) is 0 Å². The van der Waals surface area contributed by atoms with Crippen LogP contribution in [0.15, 0.2) is 0 Å². The number of hydrogen-bond donors (Lipinski definition) is 0. The van der Waals surface area contributed by atoms with E-state index in [0.29, 0.717) is 5.41 Å². The predicted molar refractivity (Wildman–Crippen MR) is 57.6 cm³/mol. The monoisotopic (exact) mass is 180 g/mol. The molecule has 3 atom stereocenters. The Bertz CT molecular complexity index is 180. The second-order valence-corrected chi connectivity index (χ2v) is 6.00. The third-order valence-electron chi connectivity index (χ3n) is 4.54. The minimum absolute atomic E-state index is 0.627. The summed E-state index contributed by atoms with van der Waals surface area (Å²) in [5.74, 6) is 3.35. The van der Waals surface area contributed by atoms with Crippen LogP contribution in [0.4, 0.5) is 0 Å². The van der Waals surface area contributed by atoms with E-state index in [-0.39, 0.29) is 0 Å². The molecular formula is C13H24. The summed E-state index contributed by atoms with van der Waals surface area (Å²) < 4.78 is 0. The molecule has 0 heteroatoms. The lowest BCUT2D eigenvalue weighted by molar-refractivity contribution is 0.140. The van der Waals surface area contributed by atoms with Crippen molar-refractivity contribution >= 4 is 0 Å². The maximum atomic E-state index is 2.49. The Balaban J connectivity index is 1.91. The van der Waals surface area contributed by atoms with E-state index >= 15 is 0 Å². The highest BCUT2D eigenvalue weighted by Crippen LogP contribution is 2.55. The molecule has 0 aliphatic heterocycles. The summed E-state index contributed by atoms with van der Waals surface area (Å²) in [5, 5.41) is 0. The molecule has 2 rings (SSSR count). The van der Waals surface area contributed by atoms with Crippen LogP contribution in [0.5, 0.6) is 0 Å². The summed E-state index contributed by atoms with van der Waals surface area (Å²) in [4.78, 5) is 0. The molecule has 0 radical (unpaired) electrons. The molecule has 76 valence electrons. The predicted octanol–water partition coefficient (Wildman–Crippen LogP) is 4.25. The fraction of sp³-hybridized carbons (Fsp3) is 1.00. The highest BCUT2D eigenvalue weighted by Gasteiger charge is 2.45. The minimum atomic E-state index is 0.627. The van der Waals surface area contributed by atoms with E-state index < -0.39 is 0 Å². The van der Waals surface area contributed by atoms with E-state index in [1.54, 1.807) is 19.3 Å². The van der Waals surface area contributed by atoms with Crippen LogP contribution in [0.25, 0.3) is 0 Å². The van der Waals surface area contributed by atoms with Crippen molar-refractivity contribution in [1.29, 1.82) is 0 Å². The van der Waals surface area contributed by atoms with Crippen molar-refractivity contribution in [3.05, 3.63) is 0 Å². The average Bonchev–Trinajstić information content (AvgIpc) is 2.80. The number of rotatable bonds is 3. The summed E-state index contributed by atoms with van der Waals surface area (Å²) in [7, 11) is 0. The first-order valence-corrected chi connectivity index (χ1v) is 6.13. The molecule has 0 N–H and O–H groups in total. The first kappa shape index (κ1) is 9.55. The van der Waals surface area contributed by atoms with Crippen molar-refractivity contribution in [1.82, 2.24) is 0 Å². The van der Waals surface area contributed by atoms with Gasteiger partial charge in [-0.25, -0.2) is 0 Å². The SMILES string of the molecule is CCCC(C)(C)C1CCC2CC2C1. The lowest BCUT2D eigenvalue weighted by atomic mass is 9.69. The molecule has 2 aliphatic carbocycles. The Morgan fingerprint density at radius 1 is 1.08 bits per heavy atom. The quantitative estimate of drug-likeness (QED) is 0.609. The van der Waals surface area contributed by atoms with E-state index in [9.17, 15) is 0 Å². The maximum Gasteiger partial charge on any atom is -0.0326 e. The van der Waals surface area contributed by atoms with Gasteiger partial charge in [0.05, 0.1) is 0 Å². The second-order valence-electron chi connectivity index (χ2n) is 6.00. The smallest absolute Gasteiger partial charge is 0.0326 e.